The van der Waals surface area contributed by atoms with Gasteiger partial charge in [-0.1, -0.05) is 6.07 Å². The van der Waals surface area contributed by atoms with Crippen LogP contribution >= 0.6 is 0 Å². The van der Waals surface area contributed by atoms with Gasteiger partial charge in [-0.3, -0.25) is 9.59 Å². The van der Waals surface area contributed by atoms with E-state index in [1.807, 2.05) is 18.2 Å². The van der Waals surface area contributed by atoms with E-state index >= 15 is 0 Å². The van der Waals surface area contributed by atoms with E-state index in [4.69, 9.17) is 14.2 Å². The average Bonchev–Trinajstić information content (AvgIpc) is 2.74. The summed E-state index contributed by atoms with van der Waals surface area (Å²) in [4.78, 5) is 24.2. The zero-order chi connectivity index (χ0) is 21.7. The SMILES string of the molecule is COc1ccc(C2CC(OC(C)=O)CCC2NC(=O)c2ccc(F)cc2)cc1OC. The summed E-state index contributed by atoms with van der Waals surface area (Å²) >= 11 is 0. The van der Waals surface area contributed by atoms with E-state index in [-0.39, 0.29) is 29.9 Å². The smallest absolute Gasteiger partial charge is 0.302 e. The van der Waals surface area contributed by atoms with Gasteiger partial charge in [0.15, 0.2) is 11.5 Å². The lowest BCUT2D eigenvalue weighted by Crippen LogP contribution is -2.44. The molecule has 2 aromatic rings. The molecule has 2 aromatic carbocycles. The van der Waals surface area contributed by atoms with Crippen molar-refractivity contribution < 1.29 is 28.2 Å². The topological polar surface area (TPSA) is 73.9 Å². The molecule has 1 saturated carbocycles. The Bertz CT molecular complexity index is 899. The minimum absolute atomic E-state index is 0.0905. The van der Waals surface area contributed by atoms with Crippen molar-refractivity contribution in [1.82, 2.24) is 5.32 Å². The van der Waals surface area contributed by atoms with Gasteiger partial charge in [-0.15, -0.1) is 0 Å². The quantitative estimate of drug-likeness (QED) is 0.726. The number of rotatable bonds is 6. The van der Waals surface area contributed by atoms with Crippen molar-refractivity contribution in [2.24, 2.45) is 0 Å². The number of esters is 1. The van der Waals surface area contributed by atoms with Crippen LogP contribution in [0.4, 0.5) is 4.39 Å². The molecule has 0 saturated heterocycles. The number of carbonyl (C=O) groups is 2. The number of halogens is 1. The molecule has 0 bridgehead atoms. The van der Waals surface area contributed by atoms with Gasteiger partial charge in [0.1, 0.15) is 11.9 Å². The molecule has 160 valence electrons. The first-order valence-electron chi connectivity index (χ1n) is 9.86. The molecule has 30 heavy (non-hydrogen) atoms. The summed E-state index contributed by atoms with van der Waals surface area (Å²) in [6.07, 6.45) is 1.64. The predicted molar refractivity (Wildman–Crippen MR) is 109 cm³/mol. The summed E-state index contributed by atoms with van der Waals surface area (Å²) in [5.41, 5.74) is 1.35. The molecule has 0 heterocycles. The molecule has 0 aromatic heterocycles. The maximum absolute atomic E-state index is 13.2. The van der Waals surface area contributed by atoms with E-state index in [9.17, 15) is 14.0 Å². The number of ether oxygens (including phenoxy) is 3. The fourth-order valence-corrected chi connectivity index (χ4v) is 3.95. The Hall–Kier alpha value is -3.09. The number of hydrogen-bond acceptors (Lipinski definition) is 5. The van der Waals surface area contributed by atoms with Crippen molar-refractivity contribution in [2.75, 3.05) is 14.2 Å². The van der Waals surface area contributed by atoms with E-state index in [2.05, 4.69) is 5.32 Å². The Morgan fingerprint density at radius 3 is 2.33 bits per heavy atom. The maximum Gasteiger partial charge on any atom is 0.302 e. The highest BCUT2D eigenvalue weighted by molar-refractivity contribution is 5.94. The zero-order valence-corrected chi connectivity index (χ0v) is 17.3. The third kappa shape index (κ3) is 5.09. The number of hydrogen-bond donors (Lipinski definition) is 1. The molecule has 1 aliphatic rings. The lowest BCUT2D eigenvalue weighted by molar-refractivity contribution is -0.148. The monoisotopic (exact) mass is 415 g/mol. The molecule has 3 rings (SSSR count). The Morgan fingerprint density at radius 1 is 1.00 bits per heavy atom. The van der Waals surface area contributed by atoms with Crippen LogP contribution in [0.5, 0.6) is 11.5 Å². The number of methoxy groups -OCH3 is 2. The standard InChI is InChI=1S/C23H26FNO5/c1-14(26)30-18-9-10-20(25-23(27)15-4-7-17(24)8-5-15)19(13-18)16-6-11-21(28-2)22(12-16)29-3/h4-8,11-12,18-20H,9-10,13H2,1-3H3,(H,25,27). The second kappa shape index (κ2) is 9.61. The fourth-order valence-electron chi connectivity index (χ4n) is 3.95. The van der Waals surface area contributed by atoms with E-state index < -0.39 is 5.82 Å². The second-order valence-electron chi connectivity index (χ2n) is 7.35. The fraction of sp³-hybridized carbons (Fsp3) is 0.391. The summed E-state index contributed by atoms with van der Waals surface area (Å²) in [7, 11) is 3.14. The van der Waals surface area contributed by atoms with E-state index in [0.717, 1.165) is 5.56 Å². The molecule has 0 spiro atoms. The van der Waals surface area contributed by atoms with Gasteiger partial charge in [-0.25, -0.2) is 4.39 Å². The van der Waals surface area contributed by atoms with E-state index in [0.29, 0.717) is 36.3 Å². The second-order valence-corrected chi connectivity index (χ2v) is 7.35. The Kier molecular flexibility index (Phi) is 6.92. The van der Waals surface area contributed by atoms with Crippen molar-refractivity contribution in [3.63, 3.8) is 0 Å². The van der Waals surface area contributed by atoms with Crippen molar-refractivity contribution in [3.8, 4) is 11.5 Å². The zero-order valence-electron chi connectivity index (χ0n) is 17.3. The van der Waals surface area contributed by atoms with E-state index in [1.165, 1.54) is 31.2 Å². The van der Waals surface area contributed by atoms with Crippen LogP contribution in [0.25, 0.3) is 0 Å². The summed E-state index contributed by atoms with van der Waals surface area (Å²) in [5.74, 6) is 0.133. The normalized spacial score (nSPS) is 20.9. The van der Waals surface area contributed by atoms with Crippen molar-refractivity contribution in [2.45, 2.75) is 44.2 Å². The third-order valence-corrected chi connectivity index (χ3v) is 5.39. The molecule has 0 aliphatic heterocycles. The highest BCUT2D eigenvalue weighted by Gasteiger charge is 2.34. The predicted octanol–water partition coefficient (Wildman–Crippen LogP) is 3.84. The van der Waals surface area contributed by atoms with Gasteiger partial charge >= 0.3 is 5.97 Å². The minimum Gasteiger partial charge on any atom is -0.493 e. The number of amides is 1. The van der Waals surface area contributed by atoms with Crippen molar-refractivity contribution in [1.29, 1.82) is 0 Å². The highest BCUT2D eigenvalue weighted by Crippen LogP contribution is 2.38. The van der Waals surface area contributed by atoms with Crippen molar-refractivity contribution >= 4 is 11.9 Å². The number of benzene rings is 2. The lowest BCUT2D eigenvalue weighted by Gasteiger charge is -2.36. The first-order valence-corrected chi connectivity index (χ1v) is 9.86. The first-order chi connectivity index (χ1) is 14.4. The number of carbonyl (C=O) groups excluding carboxylic acids is 2. The average molecular weight is 415 g/mol. The van der Waals surface area contributed by atoms with Gasteiger partial charge in [0.05, 0.1) is 14.2 Å². The van der Waals surface area contributed by atoms with Gasteiger partial charge in [-0.05, 0) is 61.2 Å². The number of nitrogens with one attached hydrogen (secondary N) is 1. The van der Waals surface area contributed by atoms with Crippen LogP contribution in [0.3, 0.4) is 0 Å². The summed E-state index contributed by atoms with van der Waals surface area (Å²) < 4.78 is 29.4. The Morgan fingerprint density at radius 2 is 1.70 bits per heavy atom. The van der Waals surface area contributed by atoms with Gasteiger partial charge < -0.3 is 19.5 Å². The van der Waals surface area contributed by atoms with Gasteiger partial charge in [0.25, 0.3) is 5.91 Å². The molecule has 1 aliphatic carbocycles. The molecular formula is C23H26FNO5. The summed E-state index contributed by atoms with van der Waals surface area (Å²) in [6.45, 7) is 1.40. The summed E-state index contributed by atoms with van der Waals surface area (Å²) in [5, 5.41) is 3.07. The van der Waals surface area contributed by atoms with Crippen LogP contribution in [0.2, 0.25) is 0 Å². The molecule has 1 fully saturated rings. The van der Waals surface area contributed by atoms with Crippen LogP contribution in [-0.2, 0) is 9.53 Å². The molecule has 1 N–H and O–H groups in total. The molecular weight excluding hydrogens is 389 g/mol. The molecule has 7 heteroatoms. The van der Waals surface area contributed by atoms with Crippen LogP contribution in [-0.4, -0.2) is 38.2 Å². The molecule has 3 atom stereocenters. The van der Waals surface area contributed by atoms with Crippen LogP contribution in [0.1, 0.15) is 48.0 Å². The van der Waals surface area contributed by atoms with Gasteiger partial charge in [0, 0.05) is 24.4 Å². The Labute approximate surface area is 175 Å². The van der Waals surface area contributed by atoms with Crippen LogP contribution in [0.15, 0.2) is 42.5 Å². The highest BCUT2D eigenvalue weighted by atomic mass is 19.1. The molecule has 6 nitrogen and oxygen atoms in total. The first kappa shape index (κ1) is 21.6. The van der Waals surface area contributed by atoms with Crippen LogP contribution < -0.4 is 14.8 Å². The molecule has 3 unspecified atom stereocenters. The minimum atomic E-state index is -0.392. The van der Waals surface area contributed by atoms with E-state index in [1.54, 1.807) is 14.2 Å². The third-order valence-electron chi connectivity index (χ3n) is 5.39. The van der Waals surface area contributed by atoms with Crippen LogP contribution in [0, 0.1) is 5.82 Å². The largest absolute Gasteiger partial charge is 0.493 e. The lowest BCUT2D eigenvalue weighted by atomic mass is 9.78. The van der Waals surface area contributed by atoms with Gasteiger partial charge in [0.2, 0.25) is 0 Å². The Balaban J connectivity index is 1.85. The van der Waals surface area contributed by atoms with Crippen molar-refractivity contribution in [3.05, 3.63) is 59.4 Å². The maximum atomic E-state index is 13.2. The molecule has 1 amide bonds. The summed E-state index contributed by atoms with van der Waals surface area (Å²) in [6, 6.07) is 10.9. The van der Waals surface area contributed by atoms with Gasteiger partial charge in [-0.2, -0.15) is 0 Å². The molecule has 0 radical (unpaired) electrons.